The molecule has 5 nitrogen and oxygen atoms in total. The van der Waals surface area contributed by atoms with Gasteiger partial charge in [0.25, 0.3) is 0 Å². The van der Waals surface area contributed by atoms with E-state index in [-0.39, 0.29) is 24.0 Å². The van der Waals surface area contributed by atoms with E-state index < -0.39 is 0 Å². The Bertz CT molecular complexity index is 809. The number of nitrogens with zero attached hydrogens (tertiary/aromatic N) is 3. The van der Waals surface area contributed by atoms with E-state index in [9.17, 15) is 0 Å². The first-order valence-electron chi connectivity index (χ1n) is 8.04. The van der Waals surface area contributed by atoms with Crippen LogP contribution in [0, 0.1) is 6.92 Å². The Labute approximate surface area is 169 Å². The molecule has 134 valence electrons. The molecule has 0 radical (unpaired) electrons. The van der Waals surface area contributed by atoms with Crippen molar-refractivity contribution in [3.63, 3.8) is 0 Å². The average molecular weight is 470 g/mol. The quantitative estimate of drug-likeness (QED) is 0.341. The van der Waals surface area contributed by atoms with Crippen molar-refractivity contribution in [1.82, 2.24) is 15.2 Å². The van der Waals surface area contributed by atoms with E-state index in [0.717, 1.165) is 34.2 Å². The van der Waals surface area contributed by atoms with Crippen molar-refractivity contribution < 1.29 is 4.42 Å². The highest BCUT2D eigenvalue weighted by Crippen LogP contribution is 2.20. The van der Waals surface area contributed by atoms with Crippen LogP contribution in [0.2, 0.25) is 0 Å². The SMILES string of the molecule is CCNC(=NCc1ncc(C)s1)N(C)Cc1cc2ccccc2o1.I. The summed E-state index contributed by atoms with van der Waals surface area (Å²) in [6.45, 7) is 6.20. The molecular formula is C18H23IN4OS. The summed E-state index contributed by atoms with van der Waals surface area (Å²) in [5, 5.41) is 5.48. The van der Waals surface area contributed by atoms with Gasteiger partial charge in [0, 0.05) is 30.1 Å². The molecule has 1 N–H and O–H groups in total. The van der Waals surface area contributed by atoms with E-state index in [1.165, 1.54) is 4.88 Å². The first kappa shape index (κ1) is 19.7. The summed E-state index contributed by atoms with van der Waals surface area (Å²) in [6.07, 6.45) is 1.89. The van der Waals surface area contributed by atoms with E-state index in [2.05, 4.69) is 46.2 Å². The van der Waals surface area contributed by atoms with Gasteiger partial charge in [0.15, 0.2) is 5.96 Å². The van der Waals surface area contributed by atoms with E-state index >= 15 is 0 Å². The van der Waals surface area contributed by atoms with Crippen LogP contribution >= 0.6 is 35.3 Å². The van der Waals surface area contributed by atoms with Crippen molar-refractivity contribution in [3.8, 4) is 0 Å². The standard InChI is InChI=1S/C18H22N4OS.HI/c1-4-19-18(21-11-17-20-10-13(2)24-17)22(3)12-15-9-14-7-5-6-8-16(14)23-15;/h5-10H,4,11-12H2,1-3H3,(H,19,21);1H. The molecule has 0 saturated carbocycles. The molecule has 2 aromatic heterocycles. The largest absolute Gasteiger partial charge is 0.459 e. The summed E-state index contributed by atoms with van der Waals surface area (Å²) in [6, 6.07) is 10.1. The second kappa shape index (κ2) is 9.19. The molecule has 3 rings (SSSR count). The number of furan rings is 1. The monoisotopic (exact) mass is 470 g/mol. The third kappa shape index (κ3) is 5.18. The molecule has 0 bridgehead atoms. The molecule has 3 aromatic rings. The second-order valence-electron chi connectivity index (χ2n) is 5.64. The number of nitrogens with one attached hydrogen (secondary N) is 1. The summed E-state index contributed by atoms with van der Waals surface area (Å²) in [7, 11) is 2.02. The van der Waals surface area contributed by atoms with E-state index in [1.54, 1.807) is 11.3 Å². The van der Waals surface area contributed by atoms with Gasteiger partial charge in [-0.25, -0.2) is 9.98 Å². The lowest BCUT2D eigenvalue weighted by Crippen LogP contribution is -2.38. The number of aryl methyl sites for hydroxylation is 1. The van der Waals surface area contributed by atoms with Crippen LogP contribution in [-0.2, 0) is 13.1 Å². The predicted molar refractivity (Wildman–Crippen MR) is 115 cm³/mol. The van der Waals surface area contributed by atoms with Gasteiger partial charge in [-0.3, -0.25) is 0 Å². The molecule has 0 aliphatic carbocycles. The molecular weight excluding hydrogens is 447 g/mol. The second-order valence-corrected chi connectivity index (χ2v) is 6.96. The number of hydrogen-bond acceptors (Lipinski definition) is 4. The predicted octanol–water partition coefficient (Wildman–Crippen LogP) is 4.41. The third-order valence-electron chi connectivity index (χ3n) is 3.60. The van der Waals surface area contributed by atoms with E-state index in [1.807, 2.05) is 31.4 Å². The number of halogens is 1. The van der Waals surface area contributed by atoms with Crippen LogP contribution in [0.15, 0.2) is 45.9 Å². The maximum Gasteiger partial charge on any atom is 0.194 e. The molecule has 0 unspecified atom stereocenters. The number of rotatable bonds is 5. The fourth-order valence-electron chi connectivity index (χ4n) is 2.51. The van der Waals surface area contributed by atoms with Crippen molar-refractivity contribution >= 4 is 52.2 Å². The lowest BCUT2D eigenvalue weighted by atomic mass is 10.2. The highest BCUT2D eigenvalue weighted by Gasteiger charge is 2.10. The first-order valence-corrected chi connectivity index (χ1v) is 8.85. The number of guanidine groups is 1. The van der Waals surface area contributed by atoms with Crippen LogP contribution in [0.25, 0.3) is 11.0 Å². The van der Waals surface area contributed by atoms with Gasteiger partial charge in [0.2, 0.25) is 0 Å². The number of benzene rings is 1. The van der Waals surface area contributed by atoms with Crippen molar-refractivity contribution in [2.24, 2.45) is 4.99 Å². The molecule has 0 saturated heterocycles. The average Bonchev–Trinajstić information content (AvgIpc) is 3.16. The Morgan fingerprint density at radius 1 is 1.36 bits per heavy atom. The zero-order chi connectivity index (χ0) is 16.9. The van der Waals surface area contributed by atoms with Crippen LogP contribution in [0.4, 0.5) is 0 Å². The minimum atomic E-state index is 0. The van der Waals surface area contributed by atoms with Gasteiger partial charge in [0.05, 0.1) is 13.1 Å². The Kier molecular flexibility index (Phi) is 7.24. The maximum absolute atomic E-state index is 5.90. The van der Waals surface area contributed by atoms with E-state index in [0.29, 0.717) is 13.1 Å². The number of fused-ring (bicyclic) bond motifs is 1. The lowest BCUT2D eigenvalue weighted by molar-refractivity contribution is 0.412. The van der Waals surface area contributed by atoms with Crippen molar-refractivity contribution in [3.05, 3.63) is 52.2 Å². The fourth-order valence-corrected chi connectivity index (χ4v) is 3.22. The van der Waals surface area contributed by atoms with Crippen LogP contribution in [0.5, 0.6) is 0 Å². The van der Waals surface area contributed by atoms with Crippen molar-refractivity contribution in [2.75, 3.05) is 13.6 Å². The van der Waals surface area contributed by atoms with Crippen LogP contribution < -0.4 is 5.32 Å². The highest BCUT2D eigenvalue weighted by molar-refractivity contribution is 14.0. The van der Waals surface area contributed by atoms with Gasteiger partial charge < -0.3 is 14.6 Å². The first-order chi connectivity index (χ1) is 11.7. The van der Waals surface area contributed by atoms with Gasteiger partial charge in [-0.05, 0) is 26.0 Å². The molecule has 0 atom stereocenters. The van der Waals surface area contributed by atoms with E-state index in [4.69, 9.17) is 4.42 Å². The lowest BCUT2D eigenvalue weighted by Gasteiger charge is -2.20. The Morgan fingerprint density at radius 2 is 2.16 bits per heavy atom. The number of hydrogen-bond donors (Lipinski definition) is 1. The van der Waals surface area contributed by atoms with Crippen LogP contribution in [-0.4, -0.2) is 29.4 Å². The molecule has 0 aliphatic heterocycles. The summed E-state index contributed by atoms with van der Waals surface area (Å²) >= 11 is 1.68. The number of para-hydroxylation sites is 1. The topological polar surface area (TPSA) is 53.7 Å². The Balaban J connectivity index is 0.00000225. The normalized spacial score (nSPS) is 11.4. The molecule has 0 aliphatic rings. The van der Waals surface area contributed by atoms with Gasteiger partial charge in [0.1, 0.15) is 16.4 Å². The fraction of sp³-hybridized carbons (Fsp3) is 0.333. The third-order valence-corrected chi connectivity index (χ3v) is 4.50. The Hall–Kier alpha value is -1.61. The zero-order valence-corrected chi connectivity index (χ0v) is 17.8. The highest BCUT2D eigenvalue weighted by atomic mass is 127. The smallest absolute Gasteiger partial charge is 0.194 e. The summed E-state index contributed by atoms with van der Waals surface area (Å²) in [5.74, 6) is 1.78. The molecule has 0 amide bonds. The van der Waals surface area contributed by atoms with Crippen molar-refractivity contribution in [2.45, 2.75) is 26.9 Å². The maximum atomic E-state index is 5.90. The van der Waals surface area contributed by atoms with Gasteiger partial charge in [-0.2, -0.15) is 0 Å². The minimum absolute atomic E-state index is 0. The molecule has 0 spiro atoms. The molecule has 2 heterocycles. The summed E-state index contributed by atoms with van der Waals surface area (Å²) < 4.78 is 5.90. The van der Waals surface area contributed by atoms with Crippen LogP contribution in [0.3, 0.4) is 0 Å². The van der Waals surface area contributed by atoms with Gasteiger partial charge in [-0.1, -0.05) is 18.2 Å². The summed E-state index contributed by atoms with van der Waals surface area (Å²) in [5.41, 5.74) is 0.918. The molecule has 25 heavy (non-hydrogen) atoms. The van der Waals surface area contributed by atoms with Crippen LogP contribution in [0.1, 0.15) is 22.6 Å². The number of aliphatic imine (C=N–C) groups is 1. The number of aromatic nitrogens is 1. The number of thiazole rings is 1. The molecule has 7 heteroatoms. The Morgan fingerprint density at radius 3 is 2.84 bits per heavy atom. The minimum Gasteiger partial charge on any atom is -0.459 e. The summed E-state index contributed by atoms with van der Waals surface area (Å²) in [4.78, 5) is 12.3. The van der Waals surface area contributed by atoms with Gasteiger partial charge in [-0.15, -0.1) is 35.3 Å². The zero-order valence-electron chi connectivity index (χ0n) is 14.7. The molecule has 1 aromatic carbocycles. The van der Waals surface area contributed by atoms with Crippen molar-refractivity contribution in [1.29, 1.82) is 0 Å². The molecule has 0 fully saturated rings. The van der Waals surface area contributed by atoms with Gasteiger partial charge >= 0.3 is 0 Å².